The molecule has 0 unspecified atom stereocenters. The quantitative estimate of drug-likeness (QED) is 0.136. The lowest BCUT2D eigenvalue weighted by molar-refractivity contribution is 0.990. The summed E-state index contributed by atoms with van der Waals surface area (Å²) in [5.41, 5.74) is 16.4. The molecule has 0 N–H and O–H groups in total. The first kappa shape index (κ1) is 35.4. The molecule has 1 aliphatic carbocycles. The van der Waals surface area contributed by atoms with E-state index in [1.54, 1.807) is 0 Å². The van der Waals surface area contributed by atoms with Gasteiger partial charge in [-0.25, -0.2) is 4.99 Å². The molecule has 3 heteroatoms. The van der Waals surface area contributed by atoms with Crippen molar-refractivity contribution in [1.82, 2.24) is 4.57 Å². The molecule has 1 aliphatic rings. The highest BCUT2D eigenvalue weighted by molar-refractivity contribution is 6.14. The van der Waals surface area contributed by atoms with Gasteiger partial charge < -0.3 is 4.57 Å². The van der Waals surface area contributed by atoms with Gasteiger partial charge in [0.1, 0.15) is 0 Å². The topological polar surface area (TPSA) is 41.1 Å². The Bertz CT molecular complexity index is 2950. The van der Waals surface area contributed by atoms with Crippen LogP contribution in [0.3, 0.4) is 0 Å². The Kier molecular flexibility index (Phi) is 9.61. The molecule has 0 bridgehead atoms. The molecule has 0 radical (unpaired) electrons. The maximum Gasteiger partial charge on any atom is 0.0712 e. The number of rotatable bonds is 9. The summed E-state index contributed by atoms with van der Waals surface area (Å²) in [7, 11) is 0. The van der Waals surface area contributed by atoms with E-state index in [4.69, 9.17) is 4.99 Å². The number of hydrogen-bond donors (Lipinski definition) is 0. The molecular formula is C54H41N3. The first-order valence-corrected chi connectivity index (χ1v) is 19.5. The van der Waals surface area contributed by atoms with Crippen LogP contribution in [0.2, 0.25) is 0 Å². The van der Waals surface area contributed by atoms with Gasteiger partial charge in [0.15, 0.2) is 0 Å². The molecule has 9 rings (SSSR count). The molecule has 0 aliphatic heterocycles. The van der Waals surface area contributed by atoms with Crippen LogP contribution in [0, 0.1) is 11.3 Å². The summed E-state index contributed by atoms with van der Waals surface area (Å²) in [4.78, 5) is 5.12. The van der Waals surface area contributed by atoms with E-state index >= 15 is 0 Å². The average molecular weight is 732 g/mol. The second-order valence-electron chi connectivity index (χ2n) is 14.8. The van der Waals surface area contributed by atoms with E-state index < -0.39 is 0 Å². The number of aryl methyl sites for hydroxylation is 1. The SMILES string of the molecule is C=C(/N=C(\C=C(/C)c1cc(-c2ccc3c(ccn3-c3cccc(CC#N)c3)c2)cc(-c2ccc3ccc4c(c3c2)C=CCC4)c1)c1ccccc1)c1ccccc1. The van der Waals surface area contributed by atoms with Gasteiger partial charge in [0.25, 0.3) is 0 Å². The fourth-order valence-corrected chi connectivity index (χ4v) is 7.98. The van der Waals surface area contributed by atoms with Crippen LogP contribution in [0.1, 0.15) is 46.7 Å². The number of hydrogen-bond acceptors (Lipinski definition) is 2. The Morgan fingerprint density at radius 2 is 1.44 bits per heavy atom. The molecule has 3 nitrogen and oxygen atoms in total. The molecule has 8 aromatic rings. The zero-order valence-electron chi connectivity index (χ0n) is 32.0. The van der Waals surface area contributed by atoms with Crippen molar-refractivity contribution < 1.29 is 0 Å². The van der Waals surface area contributed by atoms with Crippen molar-refractivity contribution in [3.63, 3.8) is 0 Å². The second kappa shape index (κ2) is 15.5. The lowest BCUT2D eigenvalue weighted by Crippen LogP contribution is -1.99. The zero-order valence-corrected chi connectivity index (χ0v) is 32.0. The fraction of sp³-hybridized carbons (Fsp3) is 0.0741. The third-order valence-electron chi connectivity index (χ3n) is 11.0. The van der Waals surface area contributed by atoms with Crippen LogP contribution < -0.4 is 0 Å². The summed E-state index contributed by atoms with van der Waals surface area (Å²) in [5.74, 6) is 0. The van der Waals surface area contributed by atoms with Crippen molar-refractivity contribution in [2.24, 2.45) is 4.99 Å². The number of nitriles is 1. The highest BCUT2D eigenvalue weighted by atomic mass is 15.0. The minimum absolute atomic E-state index is 0.389. The first-order chi connectivity index (χ1) is 28.0. The summed E-state index contributed by atoms with van der Waals surface area (Å²) < 4.78 is 2.20. The maximum atomic E-state index is 9.29. The molecule has 272 valence electrons. The molecule has 0 fully saturated rings. The summed E-state index contributed by atoms with van der Waals surface area (Å²) >= 11 is 0. The fourth-order valence-electron chi connectivity index (χ4n) is 7.98. The average Bonchev–Trinajstić information content (AvgIpc) is 3.70. The molecule has 0 saturated carbocycles. The van der Waals surface area contributed by atoms with Gasteiger partial charge in [-0.3, -0.25) is 0 Å². The summed E-state index contributed by atoms with van der Waals surface area (Å²) in [6.07, 6.45) is 11.5. The van der Waals surface area contributed by atoms with Crippen LogP contribution in [0.4, 0.5) is 0 Å². The standard InChI is InChI=1S/C54H41N3/c1-37(30-53(43-16-7-4-8-17-43)56-38(2)40-13-5-3-6-14-40)47-33-48(35-49(34-47)45-23-22-42-21-20-41-15-9-10-19-51(41)52(42)36-45)44-24-25-54-46(32-44)27-29-57(54)50-18-11-12-39(31-50)26-28-55/h3-8,10-14,16-25,27,29-36H,2,9,15,26H2,1H3/b37-30+,56-53+. The Balaban J connectivity index is 1.18. The molecule has 1 aromatic heterocycles. The van der Waals surface area contributed by atoms with Gasteiger partial charge in [-0.15, -0.1) is 0 Å². The van der Waals surface area contributed by atoms with Crippen LogP contribution in [0.15, 0.2) is 188 Å². The first-order valence-electron chi connectivity index (χ1n) is 19.5. The van der Waals surface area contributed by atoms with Gasteiger partial charge in [0, 0.05) is 22.8 Å². The van der Waals surface area contributed by atoms with Gasteiger partial charge in [-0.2, -0.15) is 5.26 Å². The Morgan fingerprint density at radius 3 is 2.23 bits per heavy atom. The molecule has 57 heavy (non-hydrogen) atoms. The Morgan fingerprint density at radius 1 is 0.702 bits per heavy atom. The van der Waals surface area contributed by atoms with E-state index in [1.807, 2.05) is 48.5 Å². The van der Waals surface area contributed by atoms with Crippen LogP contribution in [-0.4, -0.2) is 10.3 Å². The number of benzene rings is 7. The van der Waals surface area contributed by atoms with Crippen LogP contribution in [0.5, 0.6) is 0 Å². The predicted molar refractivity (Wildman–Crippen MR) is 240 cm³/mol. The largest absolute Gasteiger partial charge is 0.317 e. The van der Waals surface area contributed by atoms with E-state index in [2.05, 4.69) is 158 Å². The third kappa shape index (κ3) is 7.30. The van der Waals surface area contributed by atoms with E-state index in [1.165, 1.54) is 27.5 Å². The lowest BCUT2D eigenvalue weighted by Gasteiger charge is -2.16. The number of nitrogens with zero attached hydrogens (tertiary/aromatic N) is 3. The van der Waals surface area contributed by atoms with E-state index in [0.717, 1.165) is 85.4 Å². The van der Waals surface area contributed by atoms with Crippen LogP contribution >= 0.6 is 0 Å². The van der Waals surface area contributed by atoms with E-state index in [9.17, 15) is 5.26 Å². The van der Waals surface area contributed by atoms with Crippen molar-refractivity contribution >= 4 is 44.7 Å². The second-order valence-corrected chi connectivity index (χ2v) is 14.8. The van der Waals surface area contributed by atoms with Crippen molar-refractivity contribution in [2.45, 2.75) is 26.2 Å². The lowest BCUT2D eigenvalue weighted by atomic mass is 9.89. The van der Waals surface area contributed by atoms with Gasteiger partial charge in [0.2, 0.25) is 0 Å². The van der Waals surface area contributed by atoms with Crippen LogP contribution in [-0.2, 0) is 12.8 Å². The van der Waals surface area contributed by atoms with Crippen molar-refractivity contribution in [3.05, 3.63) is 216 Å². The molecule has 0 amide bonds. The molecule has 0 atom stereocenters. The van der Waals surface area contributed by atoms with Gasteiger partial charge in [0.05, 0.1) is 29.4 Å². The van der Waals surface area contributed by atoms with Crippen molar-refractivity contribution in [1.29, 1.82) is 5.26 Å². The predicted octanol–water partition coefficient (Wildman–Crippen LogP) is 13.7. The van der Waals surface area contributed by atoms with E-state index in [-0.39, 0.29) is 0 Å². The molecule has 1 heterocycles. The molecule has 7 aromatic carbocycles. The minimum atomic E-state index is 0.389. The third-order valence-corrected chi connectivity index (χ3v) is 11.0. The number of allylic oxidation sites excluding steroid dienone is 3. The number of aromatic nitrogens is 1. The number of fused-ring (bicyclic) bond motifs is 4. The smallest absolute Gasteiger partial charge is 0.0712 e. The van der Waals surface area contributed by atoms with E-state index in [0.29, 0.717) is 6.42 Å². The summed E-state index contributed by atoms with van der Waals surface area (Å²) in [6.45, 7) is 6.53. The van der Waals surface area contributed by atoms with Crippen molar-refractivity contribution in [2.75, 3.05) is 0 Å². The zero-order chi connectivity index (χ0) is 38.7. The number of aliphatic imine (C=N–C) groups is 1. The summed E-state index contributed by atoms with van der Waals surface area (Å²) in [6, 6.07) is 58.3. The highest BCUT2D eigenvalue weighted by Crippen LogP contribution is 2.36. The molecule has 0 spiro atoms. The molecule has 0 saturated heterocycles. The maximum absolute atomic E-state index is 9.29. The van der Waals surface area contributed by atoms with Crippen LogP contribution in [0.25, 0.3) is 67.0 Å². The molecular weight excluding hydrogens is 691 g/mol. The van der Waals surface area contributed by atoms with Crippen molar-refractivity contribution in [3.8, 4) is 34.0 Å². The van der Waals surface area contributed by atoms with Gasteiger partial charge >= 0.3 is 0 Å². The Hall–Kier alpha value is -7.28. The summed E-state index contributed by atoms with van der Waals surface area (Å²) in [5, 5.41) is 13.0. The highest BCUT2D eigenvalue weighted by Gasteiger charge is 2.14. The monoisotopic (exact) mass is 731 g/mol. The van der Waals surface area contributed by atoms with Gasteiger partial charge in [-0.05, 0) is 147 Å². The minimum Gasteiger partial charge on any atom is -0.317 e. The normalized spacial score (nSPS) is 12.8. The Labute approximate surface area is 334 Å². The van der Waals surface area contributed by atoms with Gasteiger partial charge in [-0.1, -0.05) is 122 Å².